The maximum atomic E-state index is 12.7. The second-order valence-electron chi connectivity index (χ2n) is 5.58. The van der Waals surface area contributed by atoms with E-state index < -0.39 is 0 Å². The molecule has 0 bridgehead atoms. The van der Waals surface area contributed by atoms with Gasteiger partial charge >= 0.3 is 0 Å². The summed E-state index contributed by atoms with van der Waals surface area (Å²) < 4.78 is 3.52. The molecule has 0 aliphatic rings. The van der Waals surface area contributed by atoms with Crippen LogP contribution in [0.15, 0.2) is 59.8 Å². The lowest BCUT2D eigenvalue weighted by molar-refractivity contribution is 0.764. The zero-order chi connectivity index (χ0) is 16.0. The highest BCUT2D eigenvalue weighted by Crippen LogP contribution is 2.25. The van der Waals surface area contributed by atoms with Crippen LogP contribution in [0.5, 0.6) is 0 Å². The molecule has 0 aliphatic carbocycles. The molecule has 0 fully saturated rings. The van der Waals surface area contributed by atoms with Gasteiger partial charge in [0.25, 0.3) is 5.56 Å². The van der Waals surface area contributed by atoms with Crippen molar-refractivity contribution in [3.05, 3.63) is 75.9 Å². The average Bonchev–Trinajstić information content (AvgIpc) is 2.94. The van der Waals surface area contributed by atoms with Crippen LogP contribution >= 0.6 is 11.6 Å². The summed E-state index contributed by atoms with van der Waals surface area (Å²) in [6, 6.07) is 11.6. The standard InChI is InChI=1S/C18H14ClN3O/c1-21-9-6-13-7-10-22(18(23)17(13)21)11-14-15(19)5-4-12-3-2-8-20-16(12)14/h2-10H,11H2,1H3. The van der Waals surface area contributed by atoms with E-state index >= 15 is 0 Å². The van der Waals surface area contributed by atoms with Crippen LogP contribution in [0.1, 0.15) is 5.56 Å². The van der Waals surface area contributed by atoms with Gasteiger partial charge in [0.15, 0.2) is 0 Å². The van der Waals surface area contributed by atoms with Gasteiger partial charge in [0.1, 0.15) is 5.52 Å². The molecule has 0 spiro atoms. The molecular weight excluding hydrogens is 310 g/mol. The summed E-state index contributed by atoms with van der Waals surface area (Å²) in [5.41, 5.74) is 2.36. The zero-order valence-corrected chi connectivity index (χ0v) is 13.3. The fraction of sp³-hybridized carbons (Fsp3) is 0.111. The third-order valence-corrected chi connectivity index (χ3v) is 4.51. The van der Waals surface area contributed by atoms with Gasteiger partial charge in [-0.15, -0.1) is 0 Å². The van der Waals surface area contributed by atoms with E-state index in [1.54, 1.807) is 10.8 Å². The molecule has 0 aliphatic heterocycles. The van der Waals surface area contributed by atoms with Gasteiger partial charge in [-0.05, 0) is 24.3 Å². The molecule has 0 N–H and O–H groups in total. The highest BCUT2D eigenvalue weighted by molar-refractivity contribution is 6.32. The molecule has 0 atom stereocenters. The molecule has 3 aromatic heterocycles. The van der Waals surface area contributed by atoms with Crippen LogP contribution < -0.4 is 5.56 Å². The smallest absolute Gasteiger partial charge is 0.275 e. The molecular formula is C18H14ClN3O. The van der Waals surface area contributed by atoms with Crippen molar-refractivity contribution in [3.8, 4) is 0 Å². The van der Waals surface area contributed by atoms with Gasteiger partial charge in [0.05, 0.1) is 12.1 Å². The van der Waals surface area contributed by atoms with Gasteiger partial charge in [-0.3, -0.25) is 9.78 Å². The number of pyridine rings is 2. The first kappa shape index (κ1) is 14.0. The minimum Gasteiger partial charge on any atom is -0.346 e. The summed E-state index contributed by atoms with van der Waals surface area (Å²) in [6.07, 6.45) is 5.44. The number of fused-ring (bicyclic) bond motifs is 2. The molecule has 114 valence electrons. The number of benzene rings is 1. The summed E-state index contributed by atoms with van der Waals surface area (Å²) >= 11 is 6.37. The molecule has 4 nitrogen and oxygen atoms in total. The predicted octanol–water partition coefficient (Wildman–Crippen LogP) is 3.59. The molecule has 3 heterocycles. The summed E-state index contributed by atoms with van der Waals surface area (Å²) in [7, 11) is 1.88. The molecule has 23 heavy (non-hydrogen) atoms. The van der Waals surface area contributed by atoms with Gasteiger partial charge in [-0.1, -0.05) is 23.7 Å². The van der Waals surface area contributed by atoms with E-state index in [2.05, 4.69) is 4.98 Å². The maximum absolute atomic E-state index is 12.7. The maximum Gasteiger partial charge on any atom is 0.275 e. The first-order valence-electron chi connectivity index (χ1n) is 7.32. The molecule has 4 aromatic rings. The van der Waals surface area contributed by atoms with E-state index in [9.17, 15) is 4.79 Å². The Morgan fingerprint density at radius 2 is 1.91 bits per heavy atom. The Morgan fingerprint density at radius 1 is 1.09 bits per heavy atom. The topological polar surface area (TPSA) is 39.8 Å². The van der Waals surface area contributed by atoms with Crippen LogP contribution in [0.4, 0.5) is 0 Å². The molecule has 0 amide bonds. The van der Waals surface area contributed by atoms with E-state index in [4.69, 9.17) is 11.6 Å². The Bertz CT molecular complexity index is 1090. The van der Waals surface area contributed by atoms with Crippen molar-refractivity contribution in [1.82, 2.24) is 14.1 Å². The van der Waals surface area contributed by atoms with Crippen molar-refractivity contribution in [2.24, 2.45) is 7.05 Å². The van der Waals surface area contributed by atoms with Crippen LogP contribution in [-0.4, -0.2) is 14.1 Å². The summed E-state index contributed by atoms with van der Waals surface area (Å²) in [5.74, 6) is 0. The molecule has 0 saturated carbocycles. The molecule has 5 heteroatoms. The van der Waals surface area contributed by atoms with Crippen molar-refractivity contribution in [1.29, 1.82) is 0 Å². The van der Waals surface area contributed by atoms with Gasteiger partial charge in [0, 0.05) is 47.0 Å². The lowest BCUT2D eigenvalue weighted by Gasteiger charge is -2.11. The van der Waals surface area contributed by atoms with E-state index in [1.807, 2.05) is 60.4 Å². The summed E-state index contributed by atoms with van der Waals surface area (Å²) in [5, 5.41) is 2.57. The Morgan fingerprint density at radius 3 is 2.78 bits per heavy atom. The molecule has 1 aromatic carbocycles. The molecule has 0 radical (unpaired) electrons. The minimum absolute atomic E-state index is 0.0287. The number of hydrogen-bond donors (Lipinski definition) is 0. The zero-order valence-electron chi connectivity index (χ0n) is 12.5. The van der Waals surface area contributed by atoms with Crippen molar-refractivity contribution in [3.63, 3.8) is 0 Å². The monoisotopic (exact) mass is 323 g/mol. The molecule has 0 unspecified atom stereocenters. The lowest BCUT2D eigenvalue weighted by atomic mass is 10.1. The van der Waals surface area contributed by atoms with Crippen LogP contribution in [0.3, 0.4) is 0 Å². The third-order valence-electron chi connectivity index (χ3n) is 4.15. The Balaban J connectivity index is 1.92. The first-order valence-corrected chi connectivity index (χ1v) is 7.69. The highest BCUT2D eigenvalue weighted by Gasteiger charge is 2.11. The van der Waals surface area contributed by atoms with Crippen LogP contribution in [0.25, 0.3) is 21.8 Å². The number of nitrogens with zero attached hydrogens (tertiary/aromatic N) is 3. The Hall–Kier alpha value is -2.59. The number of hydrogen-bond acceptors (Lipinski definition) is 2. The van der Waals surface area contributed by atoms with Gasteiger partial charge in [0.2, 0.25) is 0 Å². The van der Waals surface area contributed by atoms with Crippen molar-refractivity contribution in [2.45, 2.75) is 6.54 Å². The SMILES string of the molecule is Cn1ccc2ccn(Cc3c(Cl)ccc4cccnc34)c(=O)c21. The molecule has 4 rings (SSSR count). The van der Waals surface area contributed by atoms with Gasteiger partial charge in [-0.2, -0.15) is 0 Å². The second-order valence-corrected chi connectivity index (χ2v) is 5.99. The predicted molar refractivity (Wildman–Crippen MR) is 93.0 cm³/mol. The number of aromatic nitrogens is 3. The fourth-order valence-corrected chi connectivity index (χ4v) is 3.17. The van der Waals surface area contributed by atoms with Crippen LogP contribution in [0.2, 0.25) is 5.02 Å². The Kier molecular flexibility index (Phi) is 3.20. The van der Waals surface area contributed by atoms with E-state index in [0.717, 1.165) is 21.9 Å². The summed E-state index contributed by atoms with van der Waals surface area (Å²) in [4.78, 5) is 17.2. The van der Waals surface area contributed by atoms with Crippen molar-refractivity contribution in [2.75, 3.05) is 0 Å². The first-order chi connectivity index (χ1) is 11.1. The summed E-state index contributed by atoms with van der Waals surface area (Å²) in [6.45, 7) is 0.396. The highest BCUT2D eigenvalue weighted by atomic mass is 35.5. The average molecular weight is 324 g/mol. The second kappa shape index (κ2) is 5.25. The quantitative estimate of drug-likeness (QED) is 0.565. The number of rotatable bonds is 2. The normalized spacial score (nSPS) is 11.4. The van der Waals surface area contributed by atoms with Crippen molar-refractivity contribution >= 4 is 33.4 Å². The van der Waals surface area contributed by atoms with E-state index in [0.29, 0.717) is 17.1 Å². The van der Waals surface area contributed by atoms with E-state index in [1.165, 1.54) is 0 Å². The van der Waals surface area contributed by atoms with Crippen molar-refractivity contribution < 1.29 is 0 Å². The fourth-order valence-electron chi connectivity index (χ4n) is 2.96. The van der Waals surface area contributed by atoms with E-state index in [-0.39, 0.29) is 5.56 Å². The van der Waals surface area contributed by atoms with Gasteiger partial charge in [-0.25, -0.2) is 0 Å². The molecule has 0 saturated heterocycles. The number of aryl methyl sites for hydroxylation is 1. The lowest BCUT2D eigenvalue weighted by Crippen LogP contribution is -2.21. The minimum atomic E-state index is -0.0287. The van der Waals surface area contributed by atoms with Gasteiger partial charge < -0.3 is 9.13 Å². The number of halogens is 1. The van der Waals surface area contributed by atoms with Crippen LogP contribution in [0, 0.1) is 0 Å². The largest absolute Gasteiger partial charge is 0.346 e. The Labute approximate surface area is 137 Å². The van der Waals surface area contributed by atoms with Crippen LogP contribution in [-0.2, 0) is 13.6 Å². The third kappa shape index (κ3) is 2.23.